The smallest absolute Gasteiger partial charge is 0.243 e. The lowest BCUT2D eigenvalue weighted by Gasteiger charge is -2.24. The minimum absolute atomic E-state index is 0.266. The molecule has 0 aliphatic heterocycles. The van der Waals surface area contributed by atoms with Crippen molar-refractivity contribution in [2.45, 2.75) is 31.8 Å². The van der Waals surface area contributed by atoms with Crippen LogP contribution in [0.25, 0.3) is 10.8 Å². The van der Waals surface area contributed by atoms with Gasteiger partial charge in [0.1, 0.15) is 5.75 Å². The van der Waals surface area contributed by atoms with Crippen molar-refractivity contribution in [2.75, 3.05) is 7.11 Å². The molecule has 0 unspecified atom stereocenters. The van der Waals surface area contributed by atoms with E-state index in [1.165, 1.54) is 0 Å². The molecule has 0 fully saturated rings. The van der Waals surface area contributed by atoms with Gasteiger partial charge >= 0.3 is 0 Å². The van der Waals surface area contributed by atoms with Crippen LogP contribution in [0, 0.1) is 13.8 Å². The van der Waals surface area contributed by atoms with Crippen LogP contribution in [0.2, 0.25) is 0 Å². The predicted molar refractivity (Wildman–Crippen MR) is 129 cm³/mol. The zero-order valence-corrected chi connectivity index (χ0v) is 19.4. The lowest BCUT2D eigenvalue weighted by atomic mass is 10.0. The number of rotatable bonds is 7. The van der Waals surface area contributed by atoms with E-state index in [1.54, 1.807) is 23.5 Å². The Morgan fingerprint density at radius 3 is 2.22 bits per heavy atom. The minimum Gasteiger partial charge on any atom is -0.497 e. The van der Waals surface area contributed by atoms with Gasteiger partial charge in [0.25, 0.3) is 0 Å². The summed E-state index contributed by atoms with van der Waals surface area (Å²) in [5.41, 5.74) is 3.91. The van der Waals surface area contributed by atoms with E-state index in [-0.39, 0.29) is 13.1 Å². The number of sulfonamides is 1. The fourth-order valence-electron chi connectivity index (χ4n) is 3.80. The van der Waals surface area contributed by atoms with Gasteiger partial charge in [0.05, 0.1) is 12.0 Å². The first-order chi connectivity index (χ1) is 15.4. The number of aryl methyl sites for hydroxylation is 2. The molecule has 0 bridgehead atoms. The summed E-state index contributed by atoms with van der Waals surface area (Å²) in [7, 11) is -2.10. The van der Waals surface area contributed by atoms with Crippen LogP contribution in [0.5, 0.6) is 5.75 Å². The highest BCUT2D eigenvalue weighted by atomic mass is 32.2. The predicted octanol–water partition coefficient (Wildman–Crippen LogP) is 5.86. The molecule has 4 nitrogen and oxygen atoms in total. The van der Waals surface area contributed by atoms with Gasteiger partial charge < -0.3 is 4.74 Å². The van der Waals surface area contributed by atoms with Gasteiger partial charge in [-0.25, -0.2) is 8.42 Å². The van der Waals surface area contributed by atoms with Crippen LogP contribution in [-0.4, -0.2) is 19.8 Å². The van der Waals surface area contributed by atoms with E-state index in [2.05, 4.69) is 0 Å². The third-order valence-corrected chi connectivity index (χ3v) is 7.65. The topological polar surface area (TPSA) is 46.6 Å². The first kappa shape index (κ1) is 22.1. The molecule has 0 N–H and O–H groups in total. The maximum absolute atomic E-state index is 13.8. The standard InChI is InChI=1S/C27H27NO3S/c1-20-11-16-26(17-21(20)2)32(29,30)28(18-22-12-14-25(31-3)15-13-22)19-24-9-6-8-23-7-4-5-10-27(23)24/h4-17H,18-19H2,1-3H3. The van der Waals surface area contributed by atoms with Crippen LogP contribution >= 0.6 is 0 Å². The van der Waals surface area contributed by atoms with E-state index in [9.17, 15) is 8.42 Å². The summed E-state index contributed by atoms with van der Waals surface area (Å²) in [6.07, 6.45) is 0. The van der Waals surface area contributed by atoms with Crippen molar-refractivity contribution in [3.63, 3.8) is 0 Å². The second-order valence-corrected chi connectivity index (χ2v) is 9.94. The summed E-state index contributed by atoms with van der Waals surface area (Å²) in [5.74, 6) is 0.742. The van der Waals surface area contributed by atoms with E-state index in [0.717, 1.165) is 38.8 Å². The SMILES string of the molecule is COc1ccc(CN(Cc2cccc3ccccc23)S(=O)(=O)c2ccc(C)c(C)c2)cc1. The van der Waals surface area contributed by atoms with Crippen molar-refractivity contribution >= 4 is 20.8 Å². The van der Waals surface area contributed by atoms with Gasteiger partial charge in [0.2, 0.25) is 10.0 Å². The lowest BCUT2D eigenvalue weighted by molar-refractivity contribution is 0.400. The normalized spacial score (nSPS) is 11.8. The summed E-state index contributed by atoms with van der Waals surface area (Å²) in [6, 6.07) is 26.9. The molecule has 4 rings (SSSR count). The molecule has 32 heavy (non-hydrogen) atoms. The molecule has 0 aromatic heterocycles. The van der Waals surface area contributed by atoms with Crippen LogP contribution < -0.4 is 4.74 Å². The Bertz CT molecular complexity index is 1340. The Balaban J connectivity index is 1.77. The van der Waals surface area contributed by atoms with Crippen LogP contribution in [0.4, 0.5) is 0 Å². The van der Waals surface area contributed by atoms with Crippen molar-refractivity contribution in [3.8, 4) is 5.75 Å². The zero-order valence-electron chi connectivity index (χ0n) is 18.6. The third kappa shape index (κ3) is 4.54. The molecular formula is C27H27NO3S. The molecule has 4 aromatic rings. The average Bonchev–Trinajstić information content (AvgIpc) is 2.81. The average molecular weight is 446 g/mol. The number of nitrogens with zero attached hydrogens (tertiary/aromatic N) is 1. The molecule has 0 saturated carbocycles. The summed E-state index contributed by atoms with van der Waals surface area (Å²) >= 11 is 0. The fourth-order valence-corrected chi connectivity index (χ4v) is 5.30. The molecule has 0 saturated heterocycles. The Morgan fingerprint density at radius 1 is 0.781 bits per heavy atom. The van der Waals surface area contributed by atoms with Crippen molar-refractivity contribution in [1.82, 2.24) is 4.31 Å². The Hall–Kier alpha value is -3.15. The Labute approximate surface area is 190 Å². The van der Waals surface area contributed by atoms with Crippen molar-refractivity contribution in [1.29, 1.82) is 0 Å². The number of ether oxygens (including phenoxy) is 1. The molecule has 5 heteroatoms. The Kier molecular flexibility index (Phi) is 6.31. The maximum atomic E-state index is 13.8. The summed E-state index contributed by atoms with van der Waals surface area (Å²) < 4.78 is 34.3. The van der Waals surface area contributed by atoms with Gasteiger partial charge in [-0.05, 0) is 71.1 Å². The van der Waals surface area contributed by atoms with E-state index < -0.39 is 10.0 Å². The number of benzene rings is 4. The van der Waals surface area contributed by atoms with Gasteiger partial charge in [-0.3, -0.25) is 0 Å². The highest BCUT2D eigenvalue weighted by Gasteiger charge is 2.26. The van der Waals surface area contributed by atoms with Crippen LogP contribution in [-0.2, 0) is 23.1 Å². The van der Waals surface area contributed by atoms with Gasteiger partial charge in [-0.1, -0.05) is 60.7 Å². The van der Waals surface area contributed by atoms with Crippen molar-refractivity contribution < 1.29 is 13.2 Å². The first-order valence-corrected chi connectivity index (χ1v) is 12.0. The van der Waals surface area contributed by atoms with Crippen LogP contribution in [0.1, 0.15) is 22.3 Å². The van der Waals surface area contributed by atoms with Crippen LogP contribution in [0.15, 0.2) is 89.8 Å². The van der Waals surface area contributed by atoms with Crippen molar-refractivity contribution in [2.24, 2.45) is 0 Å². The highest BCUT2D eigenvalue weighted by molar-refractivity contribution is 7.89. The number of hydrogen-bond acceptors (Lipinski definition) is 3. The van der Waals surface area contributed by atoms with Crippen LogP contribution in [0.3, 0.4) is 0 Å². The van der Waals surface area contributed by atoms with E-state index in [1.807, 2.05) is 86.6 Å². The number of methoxy groups -OCH3 is 1. The lowest BCUT2D eigenvalue weighted by Crippen LogP contribution is -2.30. The molecule has 164 valence electrons. The van der Waals surface area contributed by atoms with Crippen molar-refractivity contribution in [3.05, 3.63) is 107 Å². The van der Waals surface area contributed by atoms with Gasteiger partial charge in [-0.15, -0.1) is 0 Å². The second kappa shape index (κ2) is 9.15. The third-order valence-electron chi connectivity index (χ3n) is 5.86. The van der Waals surface area contributed by atoms with Gasteiger partial charge in [-0.2, -0.15) is 4.31 Å². The zero-order chi connectivity index (χ0) is 22.7. The molecule has 0 spiro atoms. The van der Waals surface area contributed by atoms with Gasteiger partial charge in [0.15, 0.2) is 0 Å². The molecular weight excluding hydrogens is 418 g/mol. The quantitative estimate of drug-likeness (QED) is 0.358. The Morgan fingerprint density at radius 2 is 1.50 bits per heavy atom. The summed E-state index contributed by atoms with van der Waals surface area (Å²) in [4.78, 5) is 0.314. The van der Waals surface area contributed by atoms with Gasteiger partial charge in [0, 0.05) is 13.1 Å². The molecule has 4 aromatic carbocycles. The monoisotopic (exact) mass is 445 g/mol. The van der Waals surface area contributed by atoms with E-state index >= 15 is 0 Å². The summed E-state index contributed by atoms with van der Waals surface area (Å²) in [5, 5.41) is 2.16. The molecule has 0 amide bonds. The minimum atomic E-state index is -3.72. The molecule has 0 heterocycles. The molecule has 0 aliphatic carbocycles. The largest absolute Gasteiger partial charge is 0.497 e. The molecule has 0 aliphatic rings. The molecule has 0 radical (unpaired) electrons. The number of fused-ring (bicyclic) bond motifs is 1. The molecule has 0 atom stereocenters. The summed E-state index contributed by atoms with van der Waals surface area (Å²) in [6.45, 7) is 4.47. The van der Waals surface area contributed by atoms with E-state index in [4.69, 9.17) is 4.74 Å². The highest BCUT2D eigenvalue weighted by Crippen LogP contribution is 2.27. The first-order valence-electron chi connectivity index (χ1n) is 10.6. The maximum Gasteiger partial charge on any atom is 0.243 e. The van der Waals surface area contributed by atoms with E-state index in [0.29, 0.717) is 4.90 Å². The second-order valence-electron chi connectivity index (χ2n) is 8.01. The number of hydrogen-bond donors (Lipinski definition) is 0. The fraction of sp³-hybridized carbons (Fsp3) is 0.185.